The third-order valence-corrected chi connectivity index (χ3v) is 6.26. The van der Waals surface area contributed by atoms with Gasteiger partial charge in [-0.3, -0.25) is 9.79 Å². The summed E-state index contributed by atoms with van der Waals surface area (Å²) in [6, 6.07) is 11.5. The van der Waals surface area contributed by atoms with Gasteiger partial charge in [0.1, 0.15) is 0 Å². The number of rotatable bonds is 7. The van der Waals surface area contributed by atoms with Crippen LogP contribution in [0.5, 0.6) is 17.2 Å². The van der Waals surface area contributed by atoms with E-state index in [-0.39, 0.29) is 11.9 Å². The van der Waals surface area contributed by atoms with Crippen LogP contribution in [-0.4, -0.2) is 50.2 Å². The predicted octanol–water partition coefficient (Wildman–Crippen LogP) is 4.17. The van der Waals surface area contributed by atoms with E-state index < -0.39 is 0 Å². The van der Waals surface area contributed by atoms with Crippen LogP contribution in [0.2, 0.25) is 0 Å². The molecule has 178 valence electrons. The Morgan fingerprint density at radius 1 is 1.03 bits per heavy atom. The van der Waals surface area contributed by atoms with Crippen LogP contribution in [0.1, 0.15) is 26.3 Å². The number of fused-ring (bicyclic) bond motifs is 1. The number of aromatic nitrogens is 1. The molecular weight excluding hydrogens is 452 g/mol. The van der Waals surface area contributed by atoms with E-state index in [0.717, 1.165) is 22.5 Å². The molecule has 34 heavy (non-hydrogen) atoms. The highest BCUT2D eigenvalue weighted by Gasteiger charge is 2.33. The molecule has 4 rings (SSSR count). The van der Waals surface area contributed by atoms with Gasteiger partial charge in [-0.1, -0.05) is 18.2 Å². The molecule has 8 nitrogen and oxygen atoms in total. The molecule has 0 fully saturated rings. The lowest BCUT2D eigenvalue weighted by molar-refractivity contribution is -0.112. The minimum absolute atomic E-state index is 0.0524. The van der Waals surface area contributed by atoms with Crippen molar-refractivity contribution in [2.24, 2.45) is 10.1 Å². The number of nitrogens with zero attached hydrogens (tertiary/aromatic N) is 4. The highest BCUT2D eigenvalue weighted by molar-refractivity contribution is 7.07. The van der Waals surface area contributed by atoms with Crippen molar-refractivity contribution in [2.75, 3.05) is 32.8 Å². The van der Waals surface area contributed by atoms with Gasteiger partial charge in [-0.25, -0.2) is 4.68 Å². The van der Waals surface area contributed by atoms with Gasteiger partial charge in [0.25, 0.3) is 5.91 Å². The Morgan fingerprint density at radius 2 is 1.71 bits per heavy atom. The van der Waals surface area contributed by atoms with Gasteiger partial charge in [0.2, 0.25) is 10.6 Å². The fraction of sp³-hybridized carbons (Fsp3) is 0.320. The summed E-state index contributed by atoms with van der Waals surface area (Å²) in [6.45, 7) is 6.53. The highest BCUT2D eigenvalue weighted by atomic mass is 32.1. The Bertz CT molecular complexity index is 1300. The van der Waals surface area contributed by atoms with E-state index in [1.54, 1.807) is 30.9 Å². The molecule has 1 aliphatic heterocycles. The Balaban J connectivity index is 1.97. The first-order valence-corrected chi connectivity index (χ1v) is 11.9. The number of para-hydroxylation sites is 1. The van der Waals surface area contributed by atoms with E-state index in [4.69, 9.17) is 24.3 Å². The molecule has 1 amide bonds. The van der Waals surface area contributed by atoms with Gasteiger partial charge in [0, 0.05) is 29.1 Å². The Morgan fingerprint density at radius 3 is 2.29 bits per heavy atom. The van der Waals surface area contributed by atoms with Crippen LogP contribution >= 0.6 is 11.3 Å². The molecule has 3 aromatic rings. The molecule has 2 aromatic carbocycles. The zero-order chi connectivity index (χ0) is 24.4. The number of amides is 1. The molecular formula is C25H28N4O4S. The Hall–Kier alpha value is -3.59. The minimum Gasteiger partial charge on any atom is -0.493 e. The first kappa shape index (κ1) is 23.6. The standard InChI is InChI=1S/C25H28N4O4S/c1-7-28-18-11-9-8-10-17(18)22(24(28)30)27-29-19(14-34-25(29)26-15(2)3)16-12-20(31-4)23(33-6)21(13-16)32-5/h8-15H,7H2,1-6H3. The topological polar surface area (TPSA) is 77.7 Å². The van der Waals surface area contributed by atoms with Crippen molar-refractivity contribution >= 4 is 28.6 Å². The molecule has 0 spiro atoms. The number of hydrogen-bond donors (Lipinski definition) is 0. The van der Waals surface area contributed by atoms with Crippen molar-refractivity contribution in [1.29, 1.82) is 0 Å². The van der Waals surface area contributed by atoms with Crippen LogP contribution < -0.4 is 23.9 Å². The van der Waals surface area contributed by atoms with E-state index >= 15 is 0 Å². The quantitative estimate of drug-likeness (QED) is 0.509. The Kier molecular flexibility index (Phi) is 6.74. The first-order chi connectivity index (χ1) is 16.4. The van der Waals surface area contributed by atoms with Gasteiger partial charge in [0.15, 0.2) is 17.2 Å². The van der Waals surface area contributed by atoms with Gasteiger partial charge in [-0.05, 0) is 39.0 Å². The molecule has 1 aliphatic rings. The highest BCUT2D eigenvalue weighted by Crippen LogP contribution is 2.41. The lowest BCUT2D eigenvalue weighted by Gasteiger charge is -2.14. The monoisotopic (exact) mass is 480 g/mol. The summed E-state index contributed by atoms with van der Waals surface area (Å²) >= 11 is 1.46. The lowest BCUT2D eigenvalue weighted by atomic mass is 10.1. The maximum absolute atomic E-state index is 13.3. The van der Waals surface area contributed by atoms with E-state index in [1.807, 2.05) is 62.5 Å². The van der Waals surface area contributed by atoms with Crippen molar-refractivity contribution in [3.63, 3.8) is 0 Å². The summed E-state index contributed by atoms with van der Waals surface area (Å²) < 4.78 is 18.3. The molecule has 0 radical (unpaired) electrons. The number of carbonyl (C=O) groups excluding carboxylic acids is 1. The summed E-state index contributed by atoms with van der Waals surface area (Å²) in [4.78, 5) is 20.5. The van der Waals surface area contributed by atoms with Gasteiger partial charge < -0.3 is 19.1 Å². The van der Waals surface area contributed by atoms with Crippen LogP contribution in [0.3, 0.4) is 0 Å². The van der Waals surface area contributed by atoms with E-state index in [1.165, 1.54) is 11.3 Å². The van der Waals surface area contributed by atoms with Gasteiger partial charge in [0.05, 0.1) is 32.7 Å². The number of likely N-dealkylation sites (N-methyl/N-ethyl adjacent to an activating group) is 1. The molecule has 9 heteroatoms. The van der Waals surface area contributed by atoms with E-state index in [0.29, 0.717) is 34.3 Å². The van der Waals surface area contributed by atoms with Crippen molar-refractivity contribution in [2.45, 2.75) is 26.8 Å². The van der Waals surface area contributed by atoms with E-state index in [9.17, 15) is 4.79 Å². The van der Waals surface area contributed by atoms with Crippen molar-refractivity contribution < 1.29 is 19.0 Å². The van der Waals surface area contributed by atoms with Crippen LogP contribution in [0.15, 0.2) is 51.9 Å². The summed E-state index contributed by atoms with van der Waals surface area (Å²) in [6.07, 6.45) is 0. The average molecular weight is 481 g/mol. The molecule has 0 saturated heterocycles. The van der Waals surface area contributed by atoms with Gasteiger partial charge in [-0.15, -0.1) is 11.3 Å². The van der Waals surface area contributed by atoms with Crippen LogP contribution in [0.25, 0.3) is 11.3 Å². The third-order valence-electron chi connectivity index (χ3n) is 5.43. The molecule has 2 heterocycles. The second kappa shape index (κ2) is 9.72. The van der Waals surface area contributed by atoms with Crippen LogP contribution in [0, 0.1) is 0 Å². The average Bonchev–Trinajstić information content (AvgIpc) is 3.35. The third kappa shape index (κ3) is 4.07. The molecule has 0 unspecified atom stereocenters. The van der Waals surface area contributed by atoms with Gasteiger partial charge in [-0.2, -0.15) is 5.10 Å². The second-order valence-electron chi connectivity index (χ2n) is 7.87. The Labute approximate surface area is 202 Å². The second-order valence-corrected chi connectivity index (χ2v) is 8.70. The number of benzene rings is 2. The van der Waals surface area contributed by atoms with Crippen molar-refractivity contribution in [3.05, 3.63) is 52.1 Å². The zero-order valence-electron chi connectivity index (χ0n) is 20.2. The summed E-state index contributed by atoms with van der Waals surface area (Å²) in [5.41, 5.74) is 3.61. The fourth-order valence-electron chi connectivity index (χ4n) is 3.91. The smallest absolute Gasteiger partial charge is 0.279 e. The number of hydrogen-bond acceptors (Lipinski definition) is 7. The number of methoxy groups -OCH3 is 3. The number of anilines is 1. The van der Waals surface area contributed by atoms with E-state index in [2.05, 4.69) is 0 Å². The SMILES string of the molecule is CCN1C(=O)C(=Nn2c(-c3cc(OC)c(OC)c(OC)c3)csc2=NC(C)C)c2ccccc21. The zero-order valence-corrected chi connectivity index (χ0v) is 21.0. The lowest BCUT2D eigenvalue weighted by Crippen LogP contribution is -2.30. The molecule has 0 atom stereocenters. The molecule has 0 saturated carbocycles. The van der Waals surface area contributed by atoms with Crippen LogP contribution in [-0.2, 0) is 4.79 Å². The first-order valence-electron chi connectivity index (χ1n) is 11.0. The predicted molar refractivity (Wildman–Crippen MR) is 135 cm³/mol. The number of ether oxygens (including phenoxy) is 3. The van der Waals surface area contributed by atoms with Crippen molar-refractivity contribution in [1.82, 2.24) is 4.68 Å². The maximum atomic E-state index is 13.3. The van der Waals surface area contributed by atoms with Gasteiger partial charge >= 0.3 is 0 Å². The van der Waals surface area contributed by atoms with Crippen LogP contribution in [0.4, 0.5) is 5.69 Å². The fourth-order valence-corrected chi connectivity index (χ4v) is 4.87. The molecule has 0 N–H and O–H groups in total. The molecule has 1 aromatic heterocycles. The number of carbonyl (C=O) groups is 1. The molecule has 0 bridgehead atoms. The summed E-state index contributed by atoms with van der Waals surface area (Å²) in [5, 5.41) is 6.83. The van der Waals surface area contributed by atoms with Crippen molar-refractivity contribution in [3.8, 4) is 28.5 Å². The number of thiazole rings is 1. The molecule has 0 aliphatic carbocycles. The largest absolute Gasteiger partial charge is 0.493 e. The normalized spacial score (nSPS) is 14.8. The maximum Gasteiger partial charge on any atom is 0.279 e. The minimum atomic E-state index is -0.131. The summed E-state index contributed by atoms with van der Waals surface area (Å²) in [5.74, 6) is 1.44. The summed E-state index contributed by atoms with van der Waals surface area (Å²) in [7, 11) is 4.73.